The minimum atomic E-state index is 0.273. The minimum absolute atomic E-state index is 0.273. The van der Waals surface area contributed by atoms with Crippen molar-refractivity contribution in [2.24, 2.45) is 29.1 Å². The molecule has 1 amide bonds. The van der Waals surface area contributed by atoms with Crippen molar-refractivity contribution in [2.45, 2.75) is 56.9 Å². The number of rotatable bonds is 4. The Balaban J connectivity index is 1.04. The highest BCUT2D eigenvalue weighted by molar-refractivity contribution is 5.78. The van der Waals surface area contributed by atoms with Crippen LogP contribution in [0.25, 0.3) is 0 Å². The first kappa shape index (κ1) is 15.7. The van der Waals surface area contributed by atoms with Crippen LogP contribution in [0.5, 0.6) is 0 Å². The Bertz CT molecular complexity index is 669. The number of aromatic amines is 1. The van der Waals surface area contributed by atoms with E-state index in [1.165, 1.54) is 37.8 Å². The number of carbonyl (C=O) groups is 1. The lowest BCUT2D eigenvalue weighted by atomic mass is 9.56. The number of carbonyl (C=O) groups excluding carboxylic acids is 1. The highest BCUT2D eigenvalue weighted by atomic mass is 16.2. The first-order chi connectivity index (χ1) is 12.7. The van der Waals surface area contributed by atoms with Crippen LogP contribution in [0.2, 0.25) is 0 Å². The number of amides is 1. The van der Waals surface area contributed by atoms with Crippen molar-refractivity contribution < 1.29 is 4.79 Å². The van der Waals surface area contributed by atoms with E-state index in [1.54, 1.807) is 0 Å². The maximum absolute atomic E-state index is 12.8. The highest BCUT2D eigenvalue weighted by Crippen LogP contribution is 2.75. The molecule has 2 N–H and O–H groups in total. The summed E-state index contributed by atoms with van der Waals surface area (Å²) in [5.41, 5.74) is 1.99. The molecule has 6 rings (SSSR count). The van der Waals surface area contributed by atoms with Crippen LogP contribution in [0.3, 0.4) is 0 Å². The molecule has 0 radical (unpaired) electrons. The minimum Gasteiger partial charge on any atom is -0.352 e. The third-order valence-corrected chi connectivity index (χ3v) is 8.91. The van der Waals surface area contributed by atoms with Crippen LogP contribution in [-0.4, -0.2) is 46.7 Å². The van der Waals surface area contributed by atoms with Gasteiger partial charge in [-0.3, -0.25) is 14.8 Å². The zero-order chi connectivity index (χ0) is 17.3. The van der Waals surface area contributed by atoms with E-state index in [4.69, 9.17) is 0 Å². The molecule has 4 aliphatic carbocycles. The summed E-state index contributed by atoms with van der Waals surface area (Å²) in [5.74, 6) is 4.42. The largest absolute Gasteiger partial charge is 0.352 e. The molecule has 4 saturated carbocycles. The average molecular weight is 354 g/mol. The van der Waals surface area contributed by atoms with E-state index in [2.05, 4.69) is 26.5 Å². The maximum atomic E-state index is 12.8. The van der Waals surface area contributed by atoms with Crippen molar-refractivity contribution in [3.63, 3.8) is 0 Å². The van der Waals surface area contributed by atoms with Crippen LogP contribution in [0.15, 0.2) is 12.3 Å². The molecule has 1 saturated heterocycles. The summed E-state index contributed by atoms with van der Waals surface area (Å²) in [6.45, 7) is 2.62. The second-order valence-corrected chi connectivity index (χ2v) is 9.92. The van der Waals surface area contributed by atoms with Crippen molar-refractivity contribution in [2.75, 3.05) is 19.6 Å². The molecule has 140 valence electrons. The van der Waals surface area contributed by atoms with E-state index in [0.29, 0.717) is 18.5 Å². The van der Waals surface area contributed by atoms with E-state index >= 15 is 0 Å². The van der Waals surface area contributed by atoms with E-state index in [9.17, 15) is 4.79 Å². The molecule has 1 aliphatic heterocycles. The lowest BCUT2D eigenvalue weighted by molar-refractivity contribution is -0.124. The van der Waals surface area contributed by atoms with Crippen molar-refractivity contribution in [3.8, 4) is 0 Å². The second kappa shape index (κ2) is 5.57. The van der Waals surface area contributed by atoms with Gasteiger partial charge < -0.3 is 5.32 Å². The molecule has 1 aromatic rings. The van der Waals surface area contributed by atoms with Crippen LogP contribution >= 0.6 is 0 Å². The molecule has 5 heteroatoms. The highest BCUT2D eigenvalue weighted by Gasteiger charge is 2.69. The van der Waals surface area contributed by atoms with Crippen molar-refractivity contribution in [1.82, 2.24) is 20.4 Å². The van der Waals surface area contributed by atoms with Gasteiger partial charge in [0.25, 0.3) is 0 Å². The lowest BCUT2D eigenvalue weighted by Gasteiger charge is -2.49. The summed E-state index contributed by atoms with van der Waals surface area (Å²) in [7, 11) is 0. The van der Waals surface area contributed by atoms with Gasteiger partial charge in [0, 0.05) is 23.9 Å². The summed E-state index contributed by atoms with van der Waals surface area (Å²) in [6.07, 6.45) is 11.2. The molecule has 26 heavy (non-hydrogen) atoms. The van der Waals surface area contributed by atoms with E-state index in [1.807, 2.05) is 6.20 Å². The van der Waals surface area contributed by atoms with Gasteiger partial charge in [-0.25, -0.2) is 0 Å². The van der Waals surface area contributed by atoms with Crippen LogP contribution in [0.1, 0.15) is 56.6 Å². The molecule has 5 aliphatic rings. The van der Waals surface area contributed by atoms with Crippen LogP contribution in [0, 0.1) is 29.1 Å². The fourth-order valence-corrected chi connectivity index (χ4v) is 7.77. The summed E-state index contributed by atoms with van der Waals surface area (Å²) >= 11 is 0. The number of H-pyrrole nitrogens is 1. The predicted molar refractivity (Wildman–Crippen MR) is 98.4 cm³/mol. The molecular formula is C21H30N4O. The number of hydrogen-bond acceptors (Lipinski definition) is 3. The summed E-state index contributed by atoms with van der Waals surface area (Å²) < 4.78 is 0. The Morgan fingerprint density at radius 3 is 2.58 bits per heavy atom. The van der Waals surface area contributed by atoms with Gasteiger partial charge in [0.05, 0.1) is 6.54 Å². The number of fused-ring (bicyclic) bond motifs is 2. The molecule has 1 aromatic heterocycles. The summed E-state index contributed by atoms with van der Waals surface area (Å²) in [6, 6.07) is 2.57. The standard InChI is InChI=1S/C21H30N4O/c26-19(12-25-5-2-13(3-6-25)18-1-4-22-24-18)23-20-14-7-16-9-17-8-15(20)11-21(16,17)10-14/h1,4,13-17,20H,2-3,5-12H2,(H,22,24)(H,23,26). The van der Waals surface area contributed by atoms with Gasteiger partial charge >= 0.3 is 0 Å². The number of piperidine rings is 1. The van der Waals surface area contributed by atoms with Gasteiger partial charge in [0.1, 0.15) is 0 Å². The lowest BCUT2D eigenvalue weighted by Crippen LogP contribution is -2.50. The molecule has 5 nitrogen and oxygen atoms in total. The monoisotopic (exact) mass is 354 g/mol. The predicted octanol–water partition coefficient (Wildman–Crippen LogP) is 2.53. The number of hydrogen-bond donors (Lipinski definition) is 2. The fourth-order valence-electron chi connectivity index (χ4n) is 7.77. The van der Waals surface area contributed by atoms with E-state index in [-0.39, 0.29) is 5.91 Å². The summed E-state index contributed by atoms with van der Waals surface area (Å²) in [4.78, 5) is 15.1. The fraction of sp³-hybridized carbons (Fsp3) is 0.810. The van der Waals surface area contributed by atoms with Crippen LogP contribution < -0.4 is 5.32 Å². The van der Waals surface area contributed by atoms with Gasteiger partial charge in [-0.2, -0.15) is 5.10 Å². The molecule has 1 spiro atoms. The Kier molecular flexibility index (Phi) is 3.36. The van der Waals surface area contributed by atoms with Gasteiger partial charge in [-0.1, -0.05) is 0 Å². The van der Waals surface area contributed by atoms with Crippen molar-refractivity contribution in [1.29, 1.82) is 0 Å². The van der Waals surface area contributed by atoms with Gasteiger partial charge in [0.2, 0.25) is 5.91 Å². The van der Waals surface area contributed by atoms with Gasteiger partial charge in [-0.05, 0) is 93.2 Å². The molecule has 2 heterocycles. The third-order valence-electron chi connectivity index (χ3n) is 8.91. The third kappa shape index (κ3) is 2.19. The molecule has 4 unspecified atom stereocenters. The maximum Gasteiger partial charge on any atom is 0.234 e. The van der Waals surface area contributed by atoms with Crippen molar-refractivity contribution >= 4 is 5.91 Å². The zero-order valence-corrected chi connectivity index (χ0v) is 15.5. The Morgan fingerprint density at radius 2 is 1.92 bits per heavy atom. The molecule has 4 atom stereocenters. The quantitative estimate of drug-likeness (QED) is 0.873. The molecule has 3 bridgehead atoms. The first-order valence-corrected chi connectivity index (χ1v) is 10.7. The van der Waals surface area contributed by atoms with E-state index in [0.717, 1.165) is 55.0 Å². The number of nitrogens with one attached hydrogen (secondary N) is 2. The SMILES string of the molecule is O=C(CN1CCC(c2ccn[nH]2)CC1)NC1C2CC3CC4CC1CC34C2. The van der Waals surface area contributed by atoms with Crippen molar-refractivity contribution in [3.05, 3.63) is 18.0 Å². The van der Waals surface area contributed by atoms with Gasteiger partial charge in [0.15, 0.2) is 0 Å². The van der Waals surface area contributed by atoms with Crippen LogP contribution in [-0.2, 0) is 4.79 Å². The topological polar surface area (TPSA) is 61.0 Å². The Morgan fingerprint density at radius 1 is 1.19 bits per heavy atom. The van der Waals surface area contributed by atoms with E-state index < -0.39 is 0 Å². The number of likely N-dealkylation sites (tertiary alicyclic amines) is 1. The number of aromatic nitrogens is 2. The van der Waals surface area contributed by atoms with Crippen LogP contribution in [0.4, 0.5) is 0 Å². The average Bonchev–Trinajstić information content (AvgIpc) is 3.30. The first-order valence-electron chi connectivity index (χ1n) is 10.7. The van der Waals surface area contributed by atoms with Gasteiger partial charge in [-0.15, -0.1) is 0 Å². The normalized spacial score (nSPS) is 44.1. The zero-order valence-electron chi connectivity index (χ0n) is 15.5. The number of nitrogens with zero attached hydrogens (tertiary/aromatic N) is 2. The second-order valence-electron chi connectivity index (χ2n) is 9.92. The smallest absolute Gasteiger partial charge is 0.234 e. The molecule has 0 aromatic carbocycles. The summed E-state index contributed by atoms with van der Waals surface area (Å²) in [5, 5.41) is 10.7. The molecular weight excluding hydrogens is 324 g/mol. The Hall–Kier alpha value is -1.36. The Labute approximate surface area is 155 Å². The molecule has 5 fully saturated rings.